The van der Waals surface area contributed by atoms with Gasteiger partial charge < -0.3 is 5.11 Å². The van der Waals surface area contributed by atoms with Crippen LogP contribution in [-0.4, -0.2) is 20.1 Å². The Morgan fingerprint density at radius 1 is 0.371 bits per heavy atom. The summed E-state index contributed by atoms with van der Waals surface area (Å²) in [6, 6.07) is 39.7. The van der Waals surface area contributed by atoms with E-state index in [1.807, 2.05) is 103 Å². The van der Waals surface area contributed by atoms with Gasteiger partial charge in [0.25, 0.3) is 0 Å². The van der Waals surface area contributed by atoms with Crippen molar-refractivity contribution in [3.05, 3.63) is 121 Å². The van der Waals surface area contributed by atoms with Gasteiger partial charge in [-0.1, -0.05) is 115 Å². The van der Waals surface area contributed by atoms with Crippen molar-refractivity contribution in [2.45, 2.75) is 0 Å². The van der Waals surface area contributed by atoms with Gasteiger partial charge in [0.1, 0.15) is 5.75 Å². The molecule has 4 nitrogen and oxygen atoms in total. The van der Waals surface area contributed by atoms with Gasteiger partial charge in [0.2, 0.25) is 0 Å². The van der Waals surface area contributed by atoms with Crippen molar-refractivity contribution in [3.63, 3.8) is 0 Å². The van der Waals surface area contributed by atoms with Crippen LogP contribution in [0.15, 0.2) is 121 Å². The number of phenolic OH excluding ortho intramolecular Hbond substituents is 1. The van der Waals surface area contributed by atoms with Crippen LogP contribution in [0.25, 0.3) is 56.1 Å². The van der Waals surface area contributed by atoms with Gasteiger partial charge in [-0.05, 0) is 22.6 Å². The van der Waals surface area contributed by atoms with Crippen molar-refractivity contribution in [3.8, 4) is 51.0 Å². The van der Waals surface area contributed by atoms with Gasteiger partial charge in [0.15, 0.2) is 17.5 Å². The van der Waals surface area contributed by atoms with Crippen molar-refractivity contribution < 1.29 is 5.11 Å². The van der Waals surface area contributed by atoms with Crippen LogP contribution in [0.1, 0.15) is 0 Å². The molecule has 0 atom stereocenters. The summed E-state index contributed by atoms with van der Waals surface area (Å²) >= 11 is 0. The molecule has 0 bridgehead atoms. The zero-order valence-electron chi connectivity index (χ0n) is 18.8. The number of fused-ring (bicyclic) bond motifs is 1. The van der Waals surface area contributed by atoms with Crippen molar-refractivity contribution >= 4 is 10.8 Å². The molecule has 0 aliphatic carbocycles. The van der Waals surface area contributed by atoms with Crippen LogP contribution in [0, 0.1) is 0 Å². The molecule has 0 spiro atoms. The monoisotopic (exact) mass is 451 g/mol. The summed E-state index contributed by atoms with van der Waals surface area (Å²) in [5, 5.41) is 12.1. The van der Waals surface area contributed by atoms with E-state index < -0.39 is 0 Å². The minimum atomic E-state index is 0.285. The lowest BCUT2D eigenvalue weighted by Gasteiger charge is -2.10. The van der Waals surface area contributed by atoms with Crippen LogP contribution in [0.4, 0.5) is 0 Å². The van der Waals surface area contributed by atoms with E-state index in [-0.39, 0.29) is 5.75 Å². The highest BCUT2D eigenvalue weighted by atomic mass is 16.3. The van der Waals surface area contributed by atoms with Crippen LogP contribution >= 0.6 is 0 Å². The molecular formula is C31H21N3O. The predicted molar refractivity (Wildman–Crippen MR) is 141 cm³/mol. The molecule has 5 aromatic carbocycles. The van der Waals surface area contributed by atoms with E-state index in [2.05, 4.69) is 12.1 Å². The quantitative estimate of drug-likeness (QED) is 0.303. The molecule has 35 heavy (non-hydrogen) atoms. The van der Waals surface area contributed by atoms with Gasteiger partial charge in [-0.3, -0.25) is 0 Å². The predicted octanol–water partition coefficient (Wildman–Crippen LogP) is 7.40. The Bertz CT molecular complexity index is 1570. The third kappa shape index (κ3) is 4.02. The molecule has 6 aromatic rings. The van der Waals surface area contributed by atoms with Crippen molar-refractivity contribution in [2.75, 3.05) is 0 Å². The minimum absolute atomic E-state index is 0.285. The number of rotatable bonds is 4. The Morgan fingerprint density at radius 3 is 1.34 bits per heavy atom. The SMILES string of the molecule is Oc1ccc(-c2ccc(-c3nc(-c4ccccc4)nc(-c4ccccc4)n3)cc2)c2ccccc12. The molecule has 1 aromatic heterocycles. The Kier molecular flexibility index (Phi) is 5.24. The van der Waals surface area contributed by atoms with E-state index in [0.717, 1.165) is 38.6 Å². The van der Waals surface area contributed by atoms with Gasteiger partial charge >= 0.3 is 0 Å². The summed E-state index contributed by atoms with van der Waals surface area (Å²) in [5.41, 5.74) is 4.93. The van der Waals surface area contributed by atoms with E-state index in [9.17, 15) is 5.11 Å². The maximum absolute atomic E-state index is 10.3. The third-order valence-electron chi connectivity index (χ3n) is 6.05. The Balaban J connectivity index is 1.45. The zero-order chi connectivity index (χ0) is 23.6. The first-order valence-corrected chi connectivity index (χ1v) is 11.4. The molecule has 6 rings (SSSR count). The molecule has 4 heteroatoms. The number of nitrogens with zero attached hydrogens (tertiary/aromatic N) is 3. The summed E-state index contributed by atoms with van der Waals surface area (Å²) in [6.45, 7) is 0. The maximum Gasteiger partial charge on any atom is 0.164 e. The summed E-state index contributed by atoms with van der Waals surface area (Å²) < 4.78 is 0. The highest BCUT2D eigenvalue weighted by molar-refractivity contribution is 6.00. The molecular weight excluding hydrogens is 430 g/mol. The normalized spacial score (nSPS) is 11.0. The second-order valence-electron chi connectivity index (χ2n) is 8.29. The van der Waals surface area contributed by atoms with Gasteiger partial charge in [0.05, 0.1) is 0 Å². The van der Waals surface area contributed by atoms with Crippen LogP contribution in [-0.2, 0) is 0 Å². The maximum atomic E-state index is 10.3. The first kappa shape index (κ1) is 20.8. The second kappa shape index (κ2) is 8.84. The van der Waals surface area contributed by atoms with Gasteiger partial charge in [-0.2, -0.15) is 0 Å². The topological polar surface area (TPSA) is 58.9 Å². The first-order valence-electron chi connectivity index (χ1n) is 11.4. The summed E-state index contributed by atoms with van der Waals surface area (Å²) in [7, 11) is 0. The Hall–Kier alpha value is -4.83. The lowest BCUT2D eigenvalue weighted by molar-refractivity contribution is 0.481. The summed E-state index contributed by atoms with van der Waals surface area (Å²) in [5.74, 6) is 2.19. The first-order chi connectivity index (χ1) is 17.3. The fraction of sp³-hybridized carbons (Fsp3) is 0. The van der Waals surface area contributed by atoms with Gasteiger partial charge in [0, 0.05) is 22.1 Å². The molecule has 0 unspecified atom stereocenters. The molecule has 0 fully saturated rings. The summed E-state index contributed by atoms with van der Waals surface area (Å²) in [6.07, 6.45) is 0. The number of hydrogen-bond donors (Lipinski definition) is 1. The molecule has 1 N–H and O–H groups in total. The number of benzene rings is 5. The number of aromatic nitrogens is 3. The lowest BCUT2D eigenvalue weighted by Crippen LogP contribution is -2.00. The van der Waals surface area contributed by atoms with E-state index >= 15 is 0 Å². The molecule has 0 saturated carbocycles. The average molecular weight is 452 g/mol. The molecule has 0 radical (unpaired) electrons. The smallest absolute Gasteiger partial charge is 0.164 e. The Labute approximate surface area is 203 Å². The van der Waals surface area contributed by atoms with Gasteiger partial charge in [-0.15, -0.1) is 0 Å². The van der Waals surface area contributed by atoms with Gasteiger partial charge in [-0.25, -0.2) is 15.0 Å². The molecule has 0 saturated heterocycles. The third-order valence-corrected chi connectivity index (χ3v) is 6.05. The standard InChI is InChI=1S/C31H21N3O/c35-28-20-19-25(26-13-7-8-14-27(26)28)21-15-17-24(18-16-21)31-33-29(22-9-3-1-4-10-22)32-30(34-31)23-11-5-2-6-12-23/h1-20,35H. The molecule has 166 valence electrons. The van der Waals surface area contributed by atoms with E-state index in [1.165, 1.54) is 0 Å². The largest absolute Gasteiger partial charge is 0.507 e. The van der Waals surface area contributed by atoms with Crippen LogP contribution in [0.3, 0.4) is 0 Å². The minimum Gasteiger partial charge on any atom is -0.507 e. The number of aromatic hydroxyl groups is 1. The van der Waals surface area contributed by atoms with Crippen molar-refractivity contribution in [2.24, 2.45) is 0 Å². The van der Waals surface area contributed by atoms with E-state index in [1.54, 1.807) is 6.07 Å². The molecule has 1 heterocycles. The van der Waals surface area contributed by atoms with Crippen molar-refractivity contribution in [1.29, 1.82) is 0 Å². The zero-order valence-corrected chi connectivity index (χ0v) is 18.8. The summed E-state index contributed by atoms with van der Waals surface area (Å²) in [4.78, 5) is 14.4. The van der Waals surface area contributed by atoms with Crippen LogP contribution < -0.4 is 0 Å². The molecule has 0 amide bonds. The Morgan fingerprint density at radius 2 is 0.800 bits per heavy atom. The van der Waals surface area contributed by atoms with Crippen LogP contribution in [0.2, 0.25) is 0 Å². The van der Waals surface area contributed by atoms with Crippen molar-refractivity contribution in [1.82, 2.24) is 15.0 Å². The average Bonchev–Trinajstić information content (AvgIpc) is 2.94. The molecule has 0 aliphatic rings. The number of phenols is 1. The number of hydrogen-bond acceptors (Lipinski definition) is 4. The highest BCUT2D eigenvalue weighted by Gasteiger charge is 2.13. The van der Waals surface area contributed by atoms with E-state index in [4.69, 9.17) is 15.0 Å². The van der Waals surface area contributed by atoms with Crippen LogP contribution in [0.5, 0.6) is 5.75 Å². The fourth-order valence-corrected chi connectivity index (χ4v) is 4.27. The highest BCUT2D eigenvalue weighted by Crippen LogP contribution is 2.34. The fourth-order valence-electron chi connectivity index (χ4n) is 4.27. The molecule has 0 aliphatic heterocycles. The lowest BCUT2D eigenvalue weighted by atomic mass is 9.97. The van der Waals surface area contributed by atoms with E-state index in [0.29, 0.717) is 17.5 Å². The second-order valence-corrected chi connectivity index (χ2v) is 8.29.